The molecule has 116 valence electrons. The Morgan fingerprint density at radius 3 is 2.62 bits per heavy atom. The molecule has 21 heavy (non-hydrogen) atoms. The zero-order chi connectivity index (χ0) is 16.0. The minimum atomic E-state index is -1.57. The van der Waals surface area contributed by atoms with Crippen molar-refractivity contribution in [3.63, 3.8) is 0 Å². The Kier molecular flexibility index (Phi) is 6.55. The molecule has 0 radical (unpaired) electrons. The van der Waals surface area contributed by atoms with Crippen LogP contribution in [0.2, 0.25) is 0 Å². The second-order valence-corrected chi connectivity index (χ2v) is 6.64. The maximum absolute atomic E-state index is 12.4. The van der Waals surface area contributed by atoms with Crippen LogP contribution in [-0.4, -0.2) is 33.0 Å². The standard InChI is InChI=1S/C15H21NO4S/c1-4-5-8-16-14(17)11(3)21(20)12-7-6-10(2)13(9-12)15(18)19/h6-7,9,11H,4-5,8H2,1-3H3,(H,16,17)(H,18,19). The number of hydrogen-bond donors (Lipinski definition) is 2. The lowest BCUT2D eigenvalue weighted by atomic mass is 10.1. The highest BCUT2D eigenvalue weighted by Crippen LogP contribution is 2.17. The first-order valence-corrected chi connectivity index (χ1v) is 8.12. The fraction of sp³-hybridized carbons (Fsp3) is 0.467. The quantitative estimate of drug-likeness (QED) is 0.755. The van der Waals surface area contributed by atoms with Gasteiger partial charge in [0.2, 0.25) is 5.91 Å². The molecular weight excluding hydrogens is 290 g/mol. The molecule has 0 aliphatic rings. The van der Waals surface area contributed by atoms with Crippen LogP contribution in [0.4, 0.5) is 0 Å². The van der Waals surface area contributed by atoms with Gasteiger partial charge in [-0.25, -0.2) is 4.79 Å². The first-order chi connectivity index (χ1) is 9.88. The maximum Gasteiger partial charge on any atom is 0.335 e. The molecule has 2 unspecified atom stereocenters. The van der Waals surface area contributed by atoms with Crippen molar-refractivity contribution in [1.82, 2.24) is 5.32 Å². The van der Waals surface area contributed by atoms with Crippen molar-refractivity contribution in [2.45, 2.75) is 43.8 Å². The Morgan fingerprint density at radius 1 is 1.38 bits per heavy atom. The van der Waals surface area contributed by atoms with E-state index < -0.39 is 22.0 Å². The number of aryl methyl sites for hydroxylation is 1. The largest absolute Gasteiger partial charge is 0.478 e. The molecule has 0 saturated heterocycles. The van der Waals surface area contributed by atoms with E-state index in [1.807, 2.05) is 6.92 Å². The number of hydrogen-bond acceptors (Lipinski definition) is 3. The van der Waals surface area contributed by atoms with Gasteiger partial charge in [0, 0.05) is 11.4 Å². The van der Waals surface area contributed by atoms with Gasteiger partial charge in [0.15, 0.2) is 0 Å². The van der Waals surface area contributed by atoms with E-state index in [1.165, 1.54) is 6.07 Å². The van der Waals surface area contributed by atoms with Gasteiger partial charge in [-0.15, -0.1) is 0 Å². The molecule has 1 aromatic carbocycles. The number of carboxylic acid groups (broad SMARTS) is 1. The van der Waals surface area contributed by atoms with Crippen LogP contribution in [0.1, 0.15) is 42.6 Å². The fourth-order valence-corrected chi connectivity index (χ4v) is 2.91. The summed E-state index contributed by atoms with van der Waals surface area (Å²) in [6.07, 6.45) is 1.84. The van der Waals surface area contributed by atoms with E-state index in [9.17, 15) is 13.8 Å². The summed E-state index contributed by atoms with van der Waals surface area (Å²) in [5.74, 6) is -1.34. The number of unbranched alkanes of at least 4 members (excludes halogenated alkanes) is 1. The molecule has 0 spiro atoms. The summed E-state index contributed by atoms with van der Waals surface area (Å²) in [4.78, 5) is 23.4. The van der Waals surface area contributed by atoms with Crippen LogP contribution in [0.25, 0.3) is 0 Å². The van der Waals surface area contributed by atoms with Crippen LogP contribution in [0, 0.1) is 6.92 Å². The predicted octanol–water partition coefficient (Wildman–Crippen LogP) is 2.11. The molecule has 1 aromatic rings. The number of benzene rings is 1. The van der Waals surface area contributed by atoms with Gasteiger partial charge in [-0.1, -0.05) is 19.4 Å². The maximum atomic E-state index is 12.4. The highest BCUT2D eigenvalue weighted by atomic mass is 32.2. The molecule has 0 saturated carbocycles. The topological polar surface area (TPSA) is 83.5 Å². The summed E-state index contributed by atoms with van der Waals surface area (Å²) in [7, 11) is -1.57. The minimum Gasteiger partial charge on any atom is -0.478 e. The normalized spacial score (nSPS) is 13.5. The van der Waals surface area contributed by atoms with E-state index in [0.29, 0.717) is 17.0 Å². The highest BCUT2D eigenvalue weighted by Gasteiger charge is 2.22. The number of amides is 1. The van der Waals surface area contributed by atoms with E-state index in [0.717, 1.165) is 12.8 Å². The monoisotopic (exact) mass is 311 g/mol. The molecule has 1 amide bonds. The number of carbonyl (C=O) groups excluding carboxylic acids is 1. The molecule has 0 aliphatic carbocycles. The number of aromatic carboxylic acids is 1. The van der Waals surface area contributed by atoms with Gasteiger partial charge in [0.1, 0.15) is 5.25 Å². The Bertz CT molecular complexity index is 557. The van der Waals surface area contributed by atoms with Crippen LogP contribution in [-0.2, 0) is 15.6 Å². The van der Waals surface area contributed by atoms with E-state index in [2.05, 4.69) is 5.32 Å². The lowest BCUT2D eigenvalue weighted by Crippen LogP contribution is -2.36. The Hall–Kier alpha value is -1.69. The first kappa shape index (κ1) is 17.4. The molecule has 6 heteroatoms. The number of rotatable bonds is 7. The van der Waals surface area contributed by atoms with Gasteiger partial charge < -0.3 is 10.4 Å². The summed E-state index contributed by atoms with van der Waals surface area (Å²) in [5.41, 5.74) is 0.711. The second-order valence-electron chi connectivity index (χ2n) is 4.87. The molecule has 1 rings (SSSR count). The summed E-state index contributed by atoms with van der Waals surface area (Å²) in [5, 5.41) is 11.1. The van der Waals surface area contributed by atoms with Gasteiger partial charge in [-0.3, -0.25) is 9.00 Å². The molecule has 2 atom stereocenters. The summed E-state index contributed by atoms with van der Waals surface area (Å²) in [6.45, 7) is 5.84. The van der Waals surface area contributed by atoms with Crippen molar-refractivity contribution in [3.8, 4) is 0 Å². The molecular formula is C15H21NO4S. The summed E-state index contributed by atoms with van der Waals surface area (Å²) in [6, 6.07) is 4.59. The lowest BCUT2D eigenvalue weighted by molar-refractivity contribution is -0.120. The molecule has 0 bridgehead atoms. The van der Waals surface area contributed by atoms with E-state index in [4.69, 9.17) is 5.11 Å². The van der Waals surface area contributed by atoms with E-state index >= 15 is 0 Å². The second kappa shape index (κ2) is 7.93. The molecule has 0 heterocycles. The van der Waals surface area contributed by atoms with Crippen LogP contribution >= 0.6 is 0 Å². The van der Waals surface area contributed by atoms with Crippen molar-refractivity contribution in [2.75, 3.05) is 6.54 Å². The van der Waals surface area contributed by atoms with Gasteiger partial charge >= 0.3 is 5.97 Å². The Morgan fingerprint density at radius 2 is 2.05 bits per heavy atom. The van der Waals surface area contributed by atoms with Crippen LogP contribution < -0.4 is 5.32 Å². The number of carbonyl (C=O) groups is 2. The highest BCUT2D eigenvalue weighted by molar-refractivity contribution is 7.86. The number of carboxylic acids is 1. The predicted molar refractivity (Wildman–Crippen MR) is 81.9 cm³/mol. The van der Waals surface area contributed by atoms with Crippen molar-refractivity contribution in [3.05, 3.63) is 29.3 Å². The average Bonchev–Trinajstić information content (AvgIpc) is 2.46. The summed E-state index contributed by atoms with van der Waals surface area (Å²) >= 11 is 0. The smallest absolute Gasteiger partial charge is 0.335 e. The van der Waals surface area contributed by atoms with Crippen molar-refractivity contribution in [2.24, 2.45) is 0 Å². The third kappa shape index (κ3) is 4.67. The molecule has 2 N–H and O–H groups in total. The van der Waals surface area contributed by atoms with Crippen molar-refractivity contribution >= 4 is 22.7 Å². The summed E-state index contributed by atoms with van der Waals surface area (Å²) < 4.78 is 12.4. The zero-order valence-corrected chi connectivity index (χ0v) is 13.3. The van der Waals surface area contributed by atoms with Gasteiger partial charge in [-0.2, -0.15) is 0 Å². The van der Waals surface area contributed by atoms with Crippen molar-refractivity contribution < 1.29 is 18.9 Å². The fourth-order valence-electron chi connectivity index (χ4n) is 1.79. The third-order valence-corrected chi connectivity index (χ3v) is 4.77. The van der Waals surface area contributed by atoms with Gasteiger partial charge in [-0.05, 0) is 38.0 Å². The molecule has 0 fully saturated rings. The average molecular weight is 311 g/mol. The van der Waals surface area contributed by atoms with Gasteiger partial charge in [0.05, 0.1) is 16.4 Å². The molecule has 0 aliphatic heterocycles. The third-order valence-electron chi connectivity index (χ3n) is 3.19. The van der Waals surface area contributed by atoms with Crippen LogP contribution in [0.5, 0.6) is 0 Å². The van der Waals surface area contributed by atoms with Gasteiger partial charge in [0.25, 0.3) is 0 Å². The Labute approximate surface area is 127 Å². The van der Waals surface area contributed by atoms with Crippen molar-refractivity contribution in [1.29, 1.82) is 0 Å². The van der Waals surface area contributed by atoms with E-state index in [-0.39, 0.29) is 11.5 Å². The van der Waals surface area contributed by atoms with Crippen LogP contribution in [0.3, 0.4) is 0 Å². The Balaban J connectivity index is 2.85. The lowest BCUT2D eigenvalue weighted by Gasteiger charge is -2.13. The molecule has 5 nitrogen and oxygen atoms in total. The molecule has 0 aromatic heterocycles. The minimum absolute atomic E-state index is 0.111. The van der Waals surface area contributed by atoms with Crippen LogP contribution in [0.15, 0.2) is 23.1 Å². The zero-order valence-electron chi connectivity index (χ0n) is 12.5. The van der Waals surface area contributed by atoms with E-state index in [1.54, 1.807) is 26.0 Å². The number of nitrogens with one attached hydrogen (secondary N) is 1. The SMILES string of the molecule is CCCCNC(=O)C(C)S(=O)c1ccc(C)c(C(=O)O)c1. The first-order valence-electron chi connectivity index (χ1n) is 6.90.